The molecule has 0 radical (unpaired) electrons. The SMILES string of the molecule is O=C(c1cc(Br)cs1)N(CCn1ccc(-c2ccncc2)n1)C1CCCC1. The fourth-order valence-corrected chi connectivity index (χ4v) is 4.99. The Bertz CT molecular complexity index is 902. The van der Waals surface area contributed by atoms with Gasteiger partial charge in [0, 0.05) is 46.6 Å². The van der Waals surface area contributed by atoms with Crippen LogP contribution in [0.15, 0.2) is 52.7 Å². The first-order chi connectivity index (χ1) is 13.2. The molecule has 4 rings (SSSR count). The second-order valence-electron chi connectivity index (χ2n) is 6.77. The highest BCUT2D eigenvalue weighted by atomic mass is 79.9. The fraction of sp³-hybridized carbons (Fsp3) is 0.350. The molecule has 140 valence electrons. The lowest BCUT2D eigenvalue weighted by Crippen LogP contribution is -2.40. The zero-order valence-electron chi connectivity index (χ0n) is 14.9. The highest BCUT2D eigenvalue weighted by Crippen LogP contribution is 2.28. The van der Waals surface area contributed by atoms with Gasteiger partial charge in [-0.3, -0.25) is 14.5 Å². The summed E-state index contributed by atoms with van der Waals surface area (Å²) in [6.45, 7) is 1.37. The molecule has 0 aliphatic heterocycles. The van der Waals surface area contributed by atoms with Gasteiger partial charge in [-0.15, -0.1) is 11.3 Å². The average Bonchev–Trinajstić information content (AvgIpc) is 3.44. The molecule has 5 nitrogen and oxygen atoms in total. The van der Waals surface area contributed by atoms with Gasteiger partial charge in [0.05, 0.1) is 17.1 Å². The zero-order valence-corrected chi connectivity index (χ0v) is 17.3. The van der Waals surface area contributed by atoms with Crippen LogP contribution in [0.3, 0.4) is 0 Å². The lowest BCUT2D eigenvalue weighted by atomic mass is 10.2. The molecule has 0 aromatic carbocycles. The van der Waals surface area contributed by atoms with Gasteiger partial charge in [0.15, 0.2) is 0 Å². The van der Waals surface area contributed by atoms with Crippen molar-refractivity contribution in [3.8, 4) is 11.3 Å². The Kier molecular flexibility index (Phi) is 5.69. The number of aromatic nitrogens is 3. The molecule has 1 aliphatic rings. The lowest BCUT2D eigenvalue weighted by Gasteiger charge is -2.28. The highest BCUT2D eigenvalue weighted by Gasteiger charge is 2.28. The Morgan fingerprint density at radius 3 is 2.74 bits per heavy atom. The summed E-state index contributed by atoms with van der Waals surface area (Å²) in [5.41, 5.74) is 1.98. The van der Waals surface area contributed by atoms with E-state index in [2.05, 4.69) is 30.9 Å². The van der Waals surface area contributed by atoms with Crippen LogP contribution in [0, 0.1) is 0 Å². The van der Waals surface area contributed by atoms with Gasteiger partial charge in [-0.25, -0.2) is 0 Å². The number of carbonyl (C=O) groups excluding carboxylic acids is 1. The van der Waals surface area contributed by atoms with Gasteiger partial charge in [-0.1, -0.05) is 12.8 Å². The second-order valence-corrected chi connectivity index (χ2v) is 8.59. The molecule has 7 heteroatoms. The molecule has 0 saturated heterocycles. The molecular weight excluding hydrogens is 424 g/mol. The number of hydrogen-bond donors (Lipinski definition) is 0. The fourth-order valence-electron chi connectivity index (χ4n) is 3.61. The van der Waals surface area contributed by atoms with Gasteiger partial charge in [-0.05, 0) is 53.0 Å². The largest absolute Gasteiger partial charge is 0.333 e. The van der Waals surface area contributed by atoms with Crippen molar-refractivity contribution < 1.29 is 4.79 Å². The summed E-state index contributed by atoms with van der Waals surface area (Å²) in [4.78, 5) is 20.0. The summed E-state index contributed by atoms with van der Waals surface area (Å²) in [6, 6.07) is 8.18. The van der Waals surface area contributed by atoms with Crippen LogP contribution in [0.4, 0.5) is 0 Å². The predicted molar refractivity (Wildman–Crippen MR) is 111 cm³/mol. The van der Waals surface area contributed by atoms with E-state index in [0.29, 0.717) is 19.1 Å². The van der Waals surface area contributed by atoms with E-state index >= 15 is 0 Å². The first-order valence-electron chi connectivity index (χ1n) is 9.19. The molecule has 0 atom stereocenters. The summed E-state index contributed by atoms with van der Waals surface area (Å²) >= 11 is 4.96. The van der Waals surface area contributed by atoms with Crippen LogP contribution in [0.1, 0.15) is 35.4 Å². The van der Waals surface area contributed by atoms with Gasteiger partial charge >= 0.3 is 0 Å². The minimum Gasteiger partial charge on any atom is -0.333 e. The number of thiophene rings is 1. The summed E-state index contributed by atoms with van der Waals surface area (Å²) in [6.07, 6.45) is 10.1. The van der Waals surface area contributed by atoms with Crippen LogP contribution < -0.4 is 0 Å². The Labute approximate surface area is 171 Å². The quantitative estimate of drug-likeness (QED) is 0.545. The molecule has 0 N–H and O–H groups in total. The van der Waals surface area contributed by atoms with Crippen molar-refractivity contribution in [1.29, 1.82) is 0 Å². The molecule has 1 saturated carbocycles. The van der Waals surface area contributed by atoms with E-state index in [0.717, 1.165) is 33.4 Å². The van der Waals surface area contributed by atoms with Crippen LogP contribution in [-0.2, 0) is 6.54 Å². The molecular formula is C20H21BrN4OS. The van der Waals surface area contributed by atoms with Gasteiger partial charge in [0.1, 0.15) is 0 Å². The zero-order chi connectivity index (χ0) is 18.6. The van der Waals surface area contributed by atoms with Crippen LogP contribution in [0.25, 0.3) is 11.3 Å². The van der Waals surface area contributed by atoms with Gasteiger partial charge in [0.2, 0.25) is 0 Å². The van der Waals surface area contributed by atoms with E-state index in [1.54, 1.807) is 12.4 Å². The van der Waals surface area contributed by atoms with E-state index in [1.165, 1.54) is 24.2 Å². The molecule has 3 aromatic rings. The first kappa shape index (κ1) is 18.4. The van der Waals surface area contributed by atoms with Crippen molar-refractivity contribution in [3.63, 3.8) is 0 Å². The first-order valence-corrected chi connectivity index (χ1v) is 10.9. The summed E-state index contributed by atoms with van der Waals surface area (Å²) in [7, 11) is 0. The number of rotatable bonds is 6. The third-order valence-corrected chi connectivity index (χ3v) is 6.67. The second kappa shape index (κ2) is 8.35. The van der Waals surface area contributed by atoms with Crippen molar-refractivity contribution >= 4 is 33.2 Å². The van der Waals surface area contributed by atoms with E-state index in [-0.39, 0.29) is 5.91 Å². The van der Waals surface area contributed by atoms with E-state index in [1.807, 2.05) is 40.5 Å². The smallest absolute Gasteiger partial charge is 0.264 e. The van der Waals surface area contributed by atoms with Crippen molar-refractivity contribution in [1.82, 2.24) is 19.7 Å². The summed E-state index contributed by atoms with van der Waals surface area (Å²) in [5.74, 6) is 0.138. The minimum absolute atomic E-state index is 0.138. The van der Waals surface area contributed by atoms with Crippen molar-refractivity contribution in [3.05, 3.63) is 57.6 Å². The van der Waals surface area contributed by atoms with Crippen LogP contribution in [-0.4, -0.2) is 38.2 Å². The Hall–Kier alpha value is -1.99. The molecule has 0 bridgehead atoms. The van der Waals surface area contributed by atoms with E-state index < -0.39 is 0 Å². The molecule has 3 heterocycles. The van der Waals surface area contributed by atoms with Crippen LogP contribution >= 0.6 is 27.3 Å². The molecule has 1 aliphatic carbocycles. The molecule has 1 fully saturated rings. The van der Waals surface area contributed by atoms with E-state index in [4.69, 9.17) is 0 Å². The Morgan fingerprint density at radius 1 is 1.26 bits per heavy atom. The summed E-state index contributed by atoms with van der Waals surface area (Å²) in [5, 5.41) is 6.63. The van der Waals surface area contributed by atoms with Crippen LogP contribution in [0.5, 0.6) is 0 Å². The number of hydrogen-bond acceptors (Lipinski definition) is 4. The normalized spacial score (nSPS) is 14.6. The number of amides is 1. The number of halogens is 1. The third kappa shape index (κ3) is 4.30. The number of nitrogens with zero attached hydrogens (tertiary/aromatic N) is 4. The minimum atomic E-state index is 0.138. The predicted octanol–water partition coefficient (Wildman–Crippen LogP) is 4.85. The van der Waals surface area contributed by atoms with Gasteiger partial charge < -0.3 is 4.90 Å². The number of pyridine rings is 1. The molecule has 0 unspecified atom stereocenters. The Balaban J connectivity index is 1.47. The topological polar surface area (TPSA) is 51.0 Å². The molecule has 27 heavy (non-hydrogen) atoms. The maximum absolute atomic E-state index is 13.1. The van der Waals surface area contributed by atoms with Crippen LogP contribution in [0.2, 0.25) is 0 Å². The third-order valence-electron chi connectivity index (χ3n) is 4.99. The van der Waals surface area contributed by atoms with Crippen molar-refractivity contribution in [2.75, 3.05) is 6.54 Å². The standard InChI is InChI=1S/C20H21BrN4OS/c21-16-13-19(27-14-16)20(26)25(17-3-1-2-4-17)12-11-24-10-7-18(23-24)15-5-8-22-9-6-15/h5-10,13-14,17H,1-4,11-12H2. The van der Waals surface area contributed by atoms with Gasteiger partial charge in [-0.2, -0.15) is 5.10 Å². The molecule has 3 aromatic heterocycles. The van der Waals surface area contributed by atoms with Crippen molar-refractivity contribution in [2.24, 2.45) is 0 Å². The molecule has 1 amide bonds. The Morgan fingerprint density at radius 2 is 2.04 bits per heavy atom. The maximum atomic E-state index is 13.1. The highest BCUT2D eigenvalue weighted by molar-refractivity contribution is 9.10. The maximum Gasteiger partial charge on any atom is 0.264 e. The van der Waals surface area contributed by atoms with Crippen molar-refractivity contribution in [2.45, 2.75) is 38.3 Å². The van der Waals surface area contributed by atoms with E-state index in [9.17, 15) is 4.79 Å². The lowest BCUT2D eigenvalue weighted by molar-refractivity contribution is 0.0676. The molecule has 0 spiro atoms. The monoisotopic (exact) mass is 444 g/mol. The van der Waals surface area contributed by atoms with Gasteiger partial charge in [0.25, 0.3) is 5.91 Å². The number of carbonyl (C=O) groups is 1. The average molecular weight is 445 g/mol. The summed E-state index contributed by atoms with van der Waals surface area (Å²) < 4.78 is 2.89.